The number of hydrogen-bond donors (Lipinski definition) is 0. The smallest absolute Gasteiger partial charge is 0.0704 e. The summed E-state index contributed by atoms with van der Waals surface area (Å²) in [5, 5.41) is 0. The molecule has 1 aliphatic rings. The Morgan fingerprint density at radius 1 is 1.08 bits per heavy atom. The Balaban J connectivity index is 1.77. The van der Waals surface area contributed by atoms with E-state index < -0.39 is 0 Å². The van der Waals surface area contributed by atoms with E-state index in [1.165, 1.54) is 0 Å². The zero-order valence-corrected chi connectivity index (χ0v) is 15.5. The Morgan fingerprint density at radius 2 is 1.88 bits per heavy atom. The number of thiophene rings is 1. The van der Waals surface area contributed by atoms with Crippen LogP contribution >= 0.6 is 11.3 Å². The monoisotopic (exact) mass is 357 g/mol. The van der Waals surface area contributed by atoms with Gasteiger partial charge in [0.2, 0.25) is 0 Å². The lowest BCUT2D eigenvalue weighted by molar-refractivity contribution is 1.36. The van der Waals surface area contributed by atoms with Gasteiger partial charge in [-0.25, -0.2) is 4.99 Å². The van der Waals surface area contributed by atoms with Crippen LogP contribution < -0.4 is 0 Å². The summed E-state index contributed by atoms with van der Waals surface area (Å²) in [6.07, 6.45) is 9.52. The topological polar surface area (TPSA) is 37.1 Å². The van der Waals surface area contributed by atoms with Crippen molar-refractivity contribution in [3.8, 4) is 0 Å². The molecule has 0 aliphatic heterocycles. The number of allylic oxidation sites excluding steroid dienone is 4. The SMILES string of the molecule is C=Cc1ccc(C=NC2=CC(=C)C(=Nc3ccc(N=C)cc3C)C=C2)s1. The fourth-order valence-electron chi connectivity index (χ4n) is 2.44. The van der Waals surface area contributed by atoms with E-state index in [4.69, 9.17) is 4.99 Å². The number of hydrogen-bond acceptors (Lipinski definition) is 4. The van der Waals surface area contributed by atoms with Crippen molar-refractivity contribution in [1.29, 1.82) is 0 Å². The minimum atomic E-state index is 0.830. The minimum Gasteiger partial charge on any atom is -0.265 e. The molecule has 3 nitrogen and oxygen atoms in total. The van der Waals surface area contributed by atoms with Gasteiger partial charge >= 0.3 is 0 Å². The molecule has 1 aromatic carbocycles. The normalized spacial score (nSPS) is 15.5. The second kappa shape index (κ2) is 7.85. The molecule has 1 aliphatic carbocycles. The number of aliphatic imine (C=N–C) groups is 3. The van der Waals surface area contributed by atoms with Gasteiger partial charge in [-0.1, -0.05) is 19.2 Å². The van der Waals surface area contributed by atoms with Crippen LogP contribution in [0.4, 0.5) is 11.4 Å². The zero-order chi connectivity index (χ0) is 18.5. The highest BCUT2D eigenvalue weighted by atomic mass is 32.1. The van der Waals surface area contributed by atoms with Crippen molar-refractivity contribution >= 4 is 47.4 Å². The first-order chi connectivity index (χ1) is 12.6. The van der Waals surface area contributed by atoms with Gasteiger partial charge in [0.25, 0.3) is 0 Å². The molecule has 0 spiro atoms. The van der Waals surface area contributed by atoms with Crippen molar-refractivity contribution in [2.45, 2.75) is 6.92 Å². The van der Waals surface area contributed by atoms with Crippen LogP contribution in [0.3, 0.4) is 0 Å². The maximum absolute atomic E-state index is 4.70. The summed E-state index contributed by atoms with van der Waals surface area (Å²) in [6, 6.07) is 9.87. The molecule has 128 valence electrons. The number of aryl methyl sites for hydroxylation is 1. The minimum absolute atomic E-state index is 0.830. The van der Waals surface area contributed by atoms with E-state index in [0.717, 1.165) is 43.7 Å². The van der Waals surface area contributed by atoms with Crippen molar-refractivity contribution in [3.63, 3.8) is 0 Å². The predicted molar refractivity (Wildman–Crippen MR) is 116 cm³/mol. The number of nitrogens with zero attached hydrogens (tertiary/aromatic N) is 3. The van der Waals surface area contributed by atoms with Crippen LogP contribution in [0, 0.1) is 6.92 Å². The molecule has 0 radical (unpaired) electrons. The molecule has 0 bridgehead atoms. The molecular weight excluding hydrogens is 338 g/mol. The van der Waals surface area contributed by atoms with Crippen LogP contribution in [0.25, 0.3) is 6.08 Å². The molecule has 1 heterocycles. The Bertz CT molecular complexity index is 1000. The average Bonchev–Trinajstić information content (AvgIpc) is 3.11. The maximum atomic E-state index is 4.70. The molecule has 4 heteroatoms. The van der Waals surface area contributed by atoms with E-state index in [1.807, 2.05) is 67.8 Å². The highest BCUT2D eigenvalue weighted by molar-refractivity contribution is 7.14. The highest BCUT2D eigenvalue weighted by Crippen LogP contribution is 2.26. The molecule has 0 atom stereocenters. The lowest BCUT2D eigenvalue weighted by Gasteiger charge is -2.09. The van der Waals surface area contributed by atoms with E-state index in [2.05, 4.69) is 29.9 Å². The van der Waals surface area contributed by atoms with Gasteiger partial charge in [0.1, 0.15) is 0 Å². The quantitative estimate of drug-likeness (QED) is 0.569. The standard InChI is InChI=1S/C22H19N3S/c1-5-19-8-9-20(26-19)14-24-18-7-11-22(16(3)13-18)25-21-10-6-17(23-4)12-15(21)2/h5-14H,1,3-4H2,2H3. The van der Waals surface area contributed by atoms with Gasteiger partial charge in [-0.3, -0.25) is 9.98 Å². The third-order valence-corrected chi connectivity index (χ3v) is 4.87. The molecule has 26 heavy (non-hydrogen) atoms. The van der Waals surface area contributed by atoms with E-state index in [-0.39, 0.29) is 0 Å². The molecule has 0 fully saturated rings. The summed E-state index contributed by atoms with van der Waals surface area (Å²) < 4.78 is 0. The third-order valence-electron chi connectivity index (χ3n) is 3.86. The first-order valence-corrected chi connectivity index (χ1v) is 8.92. The van der Waals surface area contributed by atoms with Gasteiger partial charge in [0, 0.05) is 16.0 Å². The third kappa shape index (κ3) is 4.10. The molecular formula is C22H19N3S. The van der Waals surface area contributed by atoms with Crippen molar-refractivity contribution in [2.75, 3.05) is 0 Å². The molecule has 2 aromatic rings. The van der Waals surface area contributed by atoms with Crippen molar-refractivity contribution in [3.05, 3.63) is 88.3 Å². The lowest BCUT2D eigenvalue weighted by Crippen LogP contribution is -2.01. The van der Waals surface area contributed by atoms with E-state index >= 15 is 0 Å². The zero-order valence-electron chi connectivity index (χ0n) is 14.6. The van der Waals surface area contributed by atoms with E-state index in [1.54, 1.807) is 11.3 Å². The van der Waals surface area contributed by atoms with Gasteiger partial charge in [0.05, 0.1) is 22.8 Å². The summed E-state index contributed by atoms with van der Waals surface area (Å²) >= 11 is 1.65. The molecule has 1 aromatic heterocycles. The molecule has 0 saturated heterocycles. The molecule has 0 N–H and O–H groups in total. The summed E-state index contributed by atoms with van der Waals surface area (Å²) in [6.45, 7) is 13.4. The van der Waals surface area contributed by atoms with Crippen LogP contribution in [0.1, 0.15) is 15.3 Å². The van der Waals surface area contributed by atoms with Crippen LogP contribution in [0.15, 0.2) is 88.0 Å². The lowest BCUT2D eigenvalue weighted by atomic mass is 10.0. The largest absolute Gasteiger partial charge is 0.265 e. The molecule has 0 unspecified atom stereocenters. The Labute approximate surface area is 157 Å². The van der Waals surface area contributed by atoms with Gasteiger partial charge < -0.3 is 0 Å². The van der Waals surface area contributed by atoms with Gasteiger partial charge in [-0.05, 0) is 73.3 Å². The van der Waals surface area contributed by atoms with Crippen molar-refractivity contribution < 1.29 is 0 Å². The van der Waals surface area contributed by atoms with E-state index in [9.17, 15) is 0 Å². The van der Waals surface area contributed by atoms with E-state index in [0.29, 0.717) is 0 Å². The Morgan fingerprint density at radius 3 is 2.54 bits per heavy atom. The number of benzene rings is 1. The highest BCUT2D eigenvalue weighted by Gasteiger charge is 2.08. The fourth-order valence-corrected chi connectivity index (χ4v) is 3.17. The maximum Gasteiger partial charge on any atom is 0.0704 e. The van der Waals surface area contributed by atoms with Crippen LogP contribution in [-0.4, -0.2) is 18.6 Å². The van der Waals surface area contributed by atoms with Crippen LogP contribution in [-0.2, 0) is 0 Å². The van der Waals surface area contributed by atoms with Crippen molar-refractivity contribution in [1.82, 2.24) is 0 Å². The van der Waals surface area contributed by atoms with Gasteiger partial charge in [-0.2, -0.15) is 0 Å². The summed E-state index contributed by atoms with van der Waals surface area (Å²) in [7, 11) is 0. The van der Waals surface area contributed by atoms with Crippen LogP contribution in [0.5, 0.6) is 0 Å². The number of rotatable bonds is 5. The predicted octanol–water partition coefficient (Wildman–Crippen LogP) is 6.23. The Hall–Kier alpha value is -3.11. The average molecular weight is 357 g/mol. The summed E-state index contributed by atoms with van der Waals surface area (Å²) in [5.74, 6) is 0. The molecule has 0 saturated carbocycles. The molecule has 3 rings (SSSR count). The summed E-state index contributed by atoms with van der Waals surface area (Å²) in [4.78, 5) is 15.4. The first kappa shape index (κ1) is 17.7. The van der Waals surface area contributed by atoms with Crippen LogP contribution in [0.2, 0.25) is 0 Å². The Kier molecular flexibility index (Phi) is 5.34. The first-order valence-electron chi connectivity index (χ1n) is 8.10. The molecule has 0 amide bonds. The summed E-state index contributed by atoms with van der Waals surface area (Å²) in [5.41, 5.74) is 5.31. The van der Waals surface area contributed by atoms with Crippen molar-refractivity contribution in [2.24, 2.45) is 15.0 Å². The fraction of sp³-hybridized carbons (Fsp3) is 0.0455. The second-order valence-corrected chi connectivity index (χ2v) is 6.90. The second-order valence-electron chi connectivity index (χ2n) is 5.76. The van der Waals surface area contributed by atoms with Gasteiger partial charge in [-0.15, -0.1) is 11.3 Å². The van der Waals surface area contributed by atoms with Gasteiger partial charge in [0.15, 0.2) is 0 Å².